The molecule has 1 heterocycles. The van der Waals surface area contributed by atoms with E-state index in [-0.39, 0.29) is 28.4 Å². The Labute approximate surface area is 118 Å². The molecule has 1 fully saturated rings. The van der Waals surface area contributed by atoms with Crippen LogP contribution in [0.3, 0.4) is 0 Å². The fraction of sp³-hybridized carbons (Fsp3) is 0.417. The zero-order chi connectivity index (χ0) is 15.0. The zero-order valence-electron chi connectivity index (χ0n) is 10.8. The van der Waals surface area contributed by atoms with Crippen molar-refractivity contribution in [3.8, 4) is 6.07 Å². The number of hydrogen-bond acceptors (Lipinski definition) is 5. The number of nitriles is 1. The molecule has 1 unspecified atom stereocenters. The smallest absolute Gasteiger partial charge is 0.229 e. The summed E-state index contributed by atoms with van der Waals surface area (Å²) in [6, 6.07) is 7.47. The van der Waals surface area contributed by atoms with Crippen LogP contribution in [-0.4, -0.2) is 33.9 Å². The van der Waals surface area contributed by atoms with Gasteiger partial charge in [-0.25, -0.2) is 21.6 Å². The van der Waals surface area contributed by atoms with Gasteiger partial charge >= 0.3 is 0 Å². The van der Waals surface area contributed by atoms with Crippen molar-refractivity contribution in [2.24, 2.45) is 0 Å². The molecule has 2 rings (SSSR count). The summed E-state index contributed by atoms with van der Waals surface area (Å²) in [5.41, 5.74) is -0.766. The molecule has 8 heteroatoms. The highest BCUT2D eigenvalue weighted by Gasteiger charge is 2.41. The second kappa shape index (κ2) is 4.84. The van der Waals surface area contributed by atoms with E-state index in [0.717, 1.165) is 0 Å². The van der Waals surface area contributed by atoms with Crippen LogP contribution in [0.15, 0.2) is 29.2 Å². The highest BCUT2D eigenvalue weighted by atomic mass is 32.2. The molecule has 0 bridgehead atoms. The molecule has 1 aromatic carbocycles. The lowest BCUT2D eigenvalue weighted by Crippen LogP contribution is -2.46. The summed E-state index contributed by atoms with van der Waals surface area (Å²) in [6.07, 6.45) is 0.243. The van der Waals surface area contributed by atoms with E-state index in [1.807, 2.05) is 6.07 Å². The average Bonchev–Trinajstić information content (AvgIpc) is 2.62. The molecule has 108 valence electrons. The van der Waals surface area contributed by atoms with Gasteiger partial charge in [0, 0.05) is 5.54 Å². The molecular weight excluding hydrogens is 300 g/mol. The fourth-order valence-corrected chi connectivity index (χ4v) is 5.87. The van der Waals surface area contributed by atoms with E-state index in [4.69, 9.17) is 5.26 Å². The van der Waals surface area contributed by atoms with Crippen molar-refractivity contribution in [2.75, 3.05) is 11.5 Å². The van der Waals surface area contributed by atoms with Crippen LogP contribution in [0, 0.1) is 11.3 Å². The van der Waals surface area contributed by atoms with E-state index >= 15 is 0 Å². The second-order valence-corrected chi connectivity index (χ2v) is 9.01. The van der Waals surface area contributed by atoms with Gasteiger partial charge in [0.2, 0.25) is 10.0 Å². The summed E-state index contributed by atoms with van der Waals surface area (Å²) < 4.78 is 49.9. The lowest BCUT2D eigenvalue weighted by molar-refractivity contribution is 0.462. The molecule has 1 N–H and O–H groups in total. The number of rotatable bonds is 3. The van der Waals surface area contributed by atoms with E-state index in [1.54, 1.807) is 6.92 Å². The first-order valence-corrected chi connectivity index (χ1v) is 9.21. The van der Waals surface area contributed by atoms with Gasteiger partial charge < -0.3 is 0 Å². The molecule has 1 saturated heterocycles. The highest BCUT2D eigenvalue weighted by molar-refractivity contribution is 7.92. The van der Waals surface area contributed by atoms with E-state index in [1.165, 1.54) is 24.3 Å². The van der Waals surface area contributed by atoms with Crippen molar-refractivity contribution in [1.82, 2.24) is 4.72 Å². The topological polar surface area (TPSA) is 104 Å². The van der Waals surface area contributed by atoms with Gasteiger partial charge in [-0.3, -0.25) is 0 Å². The molecule has 1 atom stereocenters. The molecule has 0 aliphatic carbocycles. The third-order valence-electron chi connectivity index (χ3n) is 3.16. The number of sulfone groups is 1. The summed E-state index contributed by atoms with van der Waals surface area (Å²) in [4.78, 5) is -0.0397. The van der Waals surface area contributed by atoms with Gasteiger partial charge in [0.1, 0.15) is 0 Å². The fourth-order valence-electron chi connectivity index (χ4n) is 2.21. The normalized spacial score (nSPS) is 25.2. The number of hydrogen-bond donors (Lipinski definition) is 1. The summed E-state index contributed by atoms with van der Waals surface area (Å²) in [5.74, 6) is -0.235. The van der Waals surface area contributed by atoms with Crippen LogP contribution >= 0.6 is 0 Å². The molecule has 1 aromatic rings. The zero-order valence-corrected chi connectivity index (χ0v) is 12.5. The first-order chi connectivity index (χ1) is 9.16. The Morgan fingerprint density at radius 1 is 1.40 bits per heavy atom. The van der Waals surface area contributed by atoms with Crippen LogP contribution in [0.1, 0.15) is 18.9 Å². The van der Waals surface area contributed by atoms with Gasteiger partial charge in [-0.2, -0.15) is 5.26 Å². The minimum absolute atomic E-state index is 0.0236. The molecule has 0 saturated carbocycles. The average molecular weight is 314 g/mol. The van der Waals surface area contributed by atoms with Gasteiger partial charge in [0.15, 0.2) is 9.84 Å². The molecule has 0 radical (unpaired) electrons. The molecule has 20 heavy (non-hydrogen) atoms. The summed E-state index contributed by atoms with van der Waals surface area (Å²) in [7, 11) is -7.05. The van der Waals surface area contributed by atoms with Crippen molar-refractivity contribution in [3.63, 3.8) is 0 Å². The number of nitrogens with one attached hydrogen (secondary N) is 1. The molecular formula is C12H14N2O4S2. The first-order valence-electron chi connectivity index (χ1n) is 5.90. The molecule has 0 amide bonds. The van der Waals surface area contributed by atoms with Gasteiger partial charge in [-0.1, -0.05) is 6.07 Å². The van der Waals surface area contributed by atoms with Crippen LogP contribution in [0.4, 0.5) is 0 Å². The van der Waals surface area contributed by atoms with E-state index in [9.17, 15) is 16.8 Å². The van der Waals surface area contributed by atoms with Crippen molar-refractivity contribution in [2.45, 2.75) is 23.8 Å². The van der Waals surface area contributed by atoms with E-state index in [0.29, 0.717) is 0 Å². The maximum absolute atomic E-state index is 12.3. The number of nitrogens with zero attached hydrogens (tertiary/aromatic N) is 1. The van der Waals surface area contributed by atoms with Gasteiger partial charge in [-0.05, 0) is 31.5 Å². The summed E-state index contributed by atoms with van der Waals surface area (Å²) in [5, 5.41) is 8.79. The SMILES string of the molecule is CC1(NS(=O)(=O)c2cccc(C#N)c2)CCS(=O)(=O)C1. The van der Waals surface area contributed by atoms with Gasteiger partial charge in [0.05, 0.1) is 28.0 Å². The largest absolute Gasteiger partial charge is 0.241 e. The van der Waals surface area contributed by atoms with Crippen LogP contribution in [0.5, 0.6) is 0 Å². The number of sulfonamides is 1. The van der Waals surface area contributed by atoms with Crippen LogP contribution in [0.2, 0.25) is 0 Å². The highest BCUT2D eigenvalue weighted by Crippen LogP contribution is 2.25. The lowest BCUT2D eigenvalue weighted by atomic mass is 10.0. The summed E-state index contributed by atoms with van der Waals surface area (Å²) >= 11 is 0. The predicted octanol–water partition coefficient (Wildman–Crippen LogP) is 0.414. The molecule has 6 nitrogen and oxygen atoms in total. The first kappa shape index (κ1) is 15.0. The van der Waals surface area contributed by atoms with Crippen molar-refractivity contribution in [3.05, 3.63) is 29.8 Å². The minimum Gasteiger partial charge on any atom is -0.229 e. The lowest BCUT2D eigenvalue weighted by Gasteiger charge is -2.23. The molecule has 0 aromatic heterocycles. The van der Waals surface area contributed by atoms with Crippen molar-refractivity contribution < 1.29 is 16.8 Å². The Kier molecular flexibility index (Phi) is 3.62. The second-order valence-electron chi connectivity index (χ2n) is 5.15. The minimum atomic E-state index is -3.85. The maximum Gasteiger partial charge on any atom is 0.241 e. The Hall–Kier alpha value is -1.43. The monoisotopic (exact) mass is 314 g/mol. The van der Waals surface area contributed by atoms with Crippen LogP contribution < -0.4 is 4.72 Å². The third kappa shape index (κ3) is 3.17. The van der Waals surface area contributed by atoms with Crippen LogP contribution in [0.25, 0.3) is 0 Å². The van der Waals surface area contributed by atoms with Crippen molar-refractivity contribution >= 4 is 19.9 Å². The third-order valence-corrected chi connectivity index (χ3v) is 6.70. The Balaban J connectivity index is 2.31. The summed E-state index contributed by atoms with van der Waals surface area (Å²) in [6.45, 7) is 1.57. The van der Waals surface area contributed by atoms with Gasteiger partial charge in [0.25, 0.3) is 0 Å². The standard InChI is InChI=1S/C12H14N2O4S2/c1-12(5-6-19(15,16)9-12)14-20(17,18)11-4-2-3-10(7-11)8-13/h2-4,7,14H,5-6,9H2,1H3. The molecule has 1 aliphatic heterocycles. The van der Waals surface area contributed by atoms with E-state index < -0.39 is 25.4 Å². The van der Waals surface area contributed by atoms with E-state index in [2.05, 4.69) is 4.72 Å². The number of benzene rings is 1. The quantitative estimate of drug-likeness (QED) is 0.870. The van der Waals surface area contributed by atoms with Crippen molar-refractivity contribution in [1.29, 1.82) is 5.26 Å². The Morgan fingerprint density at radius 2 is 2.10 bits per heavy atom. The Morgan fingerprint density at radius 3 is 2.65 bits per heavy atom. The van der Waals surface area contributed by atoms with Gasteiger partial charge in [-0.15, -0.1) is 0 Å². The maximum atomic E-state index is 12.3. The molecule has 1 aliphatic rings. The molecule has 0 spiro atoms. The Bertz CT molecular complexity index is 778. The predicted molar refractivity (Wildman–Crippen MR) is 73.2 cm³/mol. The van der Waals surface area contributed by atoms with Crippen LogP contribution in [-0.2, 0) is 19.9 Å².